The van der Waals surface area contributed by atoms with Crippen LogP contribution in [-0.4, -0.2) is 35.7 Å². The smallest absolute Gasteiger partial charge is 0.255 e. The molecule has 4 rings (SSSR count). The maximum atomic E-state index is 12.9. The molecule has 1 saturated heterocycles. The van der Waals surface area contributed by atoms with Crippen molar-refractivity contribution in [1.82, 2.24) is 10.2 Å². The first-order valence-corrected chi connectivity index (χ1v) is 11.6. The van der Waals surface area contributed by atoms with Crippen molar-refractivity contribution in [2.45, 2.75) is 26.3 Å². The Balaban J connectivity index is 1.26. The third kappa shape index (κ3) is 5.90. The Morgan fingerprint density at radius 2 is 1.44 bits per heavy atom. The summed E-state index contributed by atoms with van der Waals surface area (Å²) in [6.45, 7) is 3.59. The first-order chi connectivity index (χ1) is 16.5. The fourth-order valence-corrected chi connectivity index (χ4v) is 4.06. The van der Waals surface area contributed by atoms with Gasteiger partial charge in [0, 0.05) is 42.4 Å². The van der Waals surface area contributed by atoms with Crippen LogP contribution < -0.4 is 10.6 Å². The third-order valence-electron chi connectivity index (χ3n) is 6.17. The topological polar surface area (TPSA) is 78.5 Å². The molecule has 0 radical (unpaired) electrons. The maximum absolute atomic E-state index is 12.9. The number of carbonyl (C=O) groups excluding carboxylic acids is 3. The number of amides is 3. The minimum absolute atomic E-state index is 0.0459. The zero-order valence-corrected chi connectivity index (χ0v) is 19.3. The van der Waals surface area contributed by atoms with Gasteiger partial charge in [0.1, 0.15) is 0 Å². The zero-order chi connectivity index (χ0) is 23.9. The first-order valence-electron chi connectivity index (χ1n) is 11.6. The summed E-state index contributed by atoms with van der Waals surface area (Å²) < 4.78 is 0. The molecule has 0 atom stereocenters. The Morgan fingerprint density at radius 1 is 0.824 bits per heavy atom. The minimum atomic E-state index is -0.188. The summed E-state index contributed by atoms with van der Waals surface area (Å²) in [5.41, 5.74) is 3.95. The SMILES string of the molecule is Cc1ccc(C(=O)Nc2ccc(C(=O)N3CCC(C(=O)NCc4ccccc4)CC3)cc2)cc1. The molecule has 3 aromatic rings. The number of benzene rings is 3. The number of piperidine rings is 1. The predicted octanol–water partition coefficient (Wildman–Crippen LogP) is 4.42. The van der Waals surface area contributed by atoms with E-state index in [0.29, 0.717) is 49.3 Å². The number of carbonyl (C=O) groups is 3. The average molecular weight is 456 g/mol. The first kappa shape index (κ1) is 23.2. The highest BCUT2D eigenvalue weighted by Crippen LogP contribution is 2.20. The molecule has 0 spiro atoms. The number of nitrogens with one attached hydrogen (secondary N) is 2. The number of nitrogens with zero attached hydrogens (tertiary/aromatic N) is 1. The van der Waals surface area contributed by atoms with Crippen LogP contribution in [0.25, 0.3) is 0 Å². The molecular weight excluding hydrogens is 426 g/mol. The van der Waals surface area contributed by atoms with E-state index < -0.39 is 0 Å². The van der Waals surface area contributed by atoms with Crippen LogP contribution in [0.3, 0.4) is 0 Å². The van der Waals surface area contributed by atoms with Crippen LogP contribution >= 0.6 is 0 Å². The van der Waals surface area contributed by atoms with Gasteiger partial charge in [0.2, 0.25) is 5.91 Å². The van der Waals surface area contributed by atoms with E-state index >= 15 is 0 Å². The average Bonchev–Trinajstić information content (AvgIpc) is 2.88. The highest BCUT2D eigenvalue weighted by molar-refractivity contribution is 6.04. The number of rotatable bonds is 6. The van der Waals surface area contributed by atoms with Gasteiger partial charge < -0.3 is 15.5 Å². The molecule has 6 nitrogen and oxygen atoms in total. The van der Waals surface area contributed by atoms with Gasteiger partial charge in [0.25, 0.3) is 11.8 Å². The van der Waals surface area contributed by atoms with Gasteiger partial charge in [-0.25, -0.2) is 0 Å². The third-order valence-corrected chi connectivity index (χ3v) is 6.17. The van der Waals surface area contributed by atoms with Crippen molar-refractivity contribution in [3.8, 4) is 0 Å². The maximum Gasteiger partial charge on any atom is 0.255 e. The van der Waals surface area contributed by atoms with E-state index in [1.54, 1.807) is 41.3 Å². The minimum Gasteiger partial charge on any atom is -0.352 e. The van der Waals surface area contributed by atoms with E-state index in [1.165, 1.54) is 0 Å². The molecule has 1 aliphatic rings. The molecule has 1 aliphatic heterocycles. The van der Waals surface area contributed by atoms with Gasteiger partial charge in [-0.15, -0.1) is 0 Å². The van der Waals surface area contributed by atoms with E-state index in [2.05, 4.69) is 10.6 Å². The molecule has 3 aromatic carbocycles. The van der Waals surface area contributed by atoms with Crippen LogP contribution in [0.4, 0.5) is 5.69 Å². The molecule has 3 amide bonds. The Hall–Kier alpha value is -3.93. The molecule has 6 heteroatoms. The number of hydrogen-bond acceptors (Lipinski definition) is 3. The van der Waals surface area contributed by atoms with Crippen LogP contribution in [0.2, 0.25) is 0 Å². The van der Waals surface area contributed by atoms with Crippen molar-refractivity contribution in [3.05, 3.63) is 101 Å². The zero-order valence-electron chi connectivity index (χ0n) is 19.3. The van der Waals surface area contributed by atoms with Gasteiger partial charge in [-0.2, -0.15) is 0 Å². The van der Waals surface area contributed by atoms with Crippen LogP contribution in [0, 0.1) is 12.8 Å². The quantitative estimate of drug-likeness (QED) is 0.578. The Bertz CT molecular complexity index is 1130. The second-order valence-corrected chi connectivity index (χ2v) is 8.67. The normalized spacial score (nSPS) is 13.9. The van der Waals surface area contributed by atoms with E-state index in [-0.39, 0.29) is 23.6 Å². The molecule has 0 unspecified atom stereocenters. The van der Waals surface area contributed by atoms with Gasteiger partial charge in [-0.05, 0) is 61.7 Å². The lowest BCUT2D eigenvalue weighted by atomic mass is 9.95. The fourth-order valence-electron chi connectivity index (χ4n) is 4.06. The molecule has 0 bridgehead atoms. The summed E-state index contributed by atoms with van der Waals surface area (Å²) in [6, 6.07) is 24.1. The molecule has 0 aromatic heterocycles. The van der Waals surface area contributed by atoms with Crippen LogP contribution in [0.1, 0.15) is 44.7 Å². The number of anilines is 1. The van der Waals surface area contributed by atoms with Crippen molar-refractivity contribution in [2.75, 3.05) is 18.4 Å². The van der Waals surface area contributed by atoms with Gasteiger partial charge in [0.15, 0.2) is 0 Å². The number of likely N-dealkylation sites (tertiary alicyclic amines) is 1. The second-order valence-electron chi connectivity index (χ2n) is 8.67. The van der Waals surface area contributed by atoms with Crippen LogP contribution in [0.5, 0.6) is 0 Å². The van der Waals surface area contributed by atoms with Crippen LogP contribution in [-0.2, 0) is 11.3 Å². The van der Waals surface area contributed by atoms with E-state index in [0.717, 1.165) is 11.1 Å². The highest BCUT2D eigenvalue weighted by atomic mass is 16.2. The van der Waals surface area contributed by atoms with Gasteiger partial charge in [-0.3, -0.25) is 14.4 Å². The monoisotopic (exact) mass is 455 g/mol. The Morgan fingerprint density at radius 3 is 2.09 bits per heavy atom. The lowest BCUT2D eigenvalue weighted by Crippen LogP contribution is -2.42. The lowest BCUT2D eigenvalue weighted by Gasteiger charge is -2.31. The van der Waals surface area contributed by atoms with E-state index in [9.17, 15) is 14.4 Å². The van der Waals surface area contributed by atoms with Gasteiger partial charge >= 0.3 is 0 Å². The largest absolute Gasteiger partial charge is 0.352 e. The summed E-state index contributed by atoms with van der Waals surface area (Å²) in [6.07, 6.45) is 1.30. The number of aryl methyl sites for hydroxylation is 1. The Kier molecular flexibility index (Phi) is 7.38. The summed E-state index contributed by atoms with van der Waals surface area (Å²) in [5.74, 6) is -0.275. The molecule has 0 aliphatic carbocycles. The van der Waals surface area contributed by atoms with Crippen molar-refractivity contribution in [2.24, 2.45) is 5.92 Å². The highest BCUT2D eigenvalue weighted by Gasteiger charge is 2.27. The van der Waals surface area contributed by atoms with Crippen molar-refractivity contribution < 1.29 is 14.4 Å². The van der Waals surface area contributed by atoms with Gasteiger partial charge in [0.05, 0.1) is 0 Å². The summed E-state index contributed by atoms with van der Waals surface area (Å²) in [5, 5.41) is 5.86. The Labute approximate surface area is 200 Å². The lowest BCUT2D eigenvalue weighted by molar-refractivity contribution is -0.126. The fraction of sp³-hybridized carbons (Fsp3) is 0.250. The van der Waals surface area contributed by atoms with E-state index in [1.807, 2.05) is 49.4 Å². The van der Waals surface area contributed by atoms with Crippen molar-refractivity contribution >= 4 is 23.4 Å². The molecule has 0 saturated carbocycles. The summed E-state index contributed by atoms with van der Waals surface area (Å²) >= 11 is 0. The van der Waals surface area contributed by atoms with Crippen molar-refractivity contribution in [1.29, 1.82) is 0 Å². The van der Waals surface area contributed by atoms with Crippen molar-refractivity contribution in [3.63, 3.8) is 0 Å². The summed E-state index contributed by atoms with van der Waals surface area (Å²) in [4.78, 5) is 39.6. The molecular formula is C28H29N3O3. The summed E-state index contributed by atoms with van der Waals surface area (Å²) in [7, 11) is 0. The standard InChI is InChI=1S/C28H29N3O3/c1-20-7-9-22(10-8-20)27(33)30-25-13-11-24(12-14-25)28(34)31-17-15-23(16-18-31)26(32)29-19-21-5-3-2-4-6-21/h2-14,23H,15-19H2,1H3,(H,29,32)(H,30,33). The molecule has 1 heterocycles. The molecule has 34 heavy (non-hydrogen) atoms. The molecule has 2 N–H and O–H groups in total. The molecule has 174 valence electrons. The predicted molar refractivity (Wildman–Crippen MR) is 132 cm³/mol. The van der Waals surface area contributed by atoms with Crippen LogP contribution in [0.15, 0.2) is 78.9 Å². The molecule has 1 fully saturated rings. The van der Waals surface area contributed by atoms with Gasteiger partial charge in [-0.1, -0.05) is 48.0 Å². The second kappa shape index (κ2) is 10.8. The number of hydrogen-bond donors (Lipinski definition) is 2. The van der Waals surface area contributed by atoms with E-state index in [4.69, 9.17) is 0 Å².